The quantitative estimate of drug-likeness (QED) is 0.377. The Morgan fingerprint density at radius 2 is 1.97 bits per heavy atom. The highest BCUT2D eigenvalue weighted by atomic mass is 19.1. The maximum atomic E-state index is 15.0. The van der Waals surface area contributed by atoms with E-state index in [4.69, 9.17) is 0 Å². The van der Waals surface area contributed by atoms with Crippen molar-refractivity contribution in [3.05, 3.63) is 89.9 Å². The Bertz CT molecular complexity index is 1520. The molecule has 5 rings (SSSR count). The summed E-state index contributed by atoms with van der Waals surface area (Å²) in [7, 11) is 0. The zero-order chi connectivity index (χ0) is 24.5. The normalized spacial score (nSPS) is 11.3. The number of nitrogens with one attached hydrogen (secondary N) is 1. The predicted molar refractivity (Wildman–Crippen MR) is 132 cm³/mol. The Morgan fingerprint density at radius 3 is 2.74 bits per heavy atom. The molecule has 0 unspecified atom stereocenters. The Labute approximate surface area is 201 Å². The number of anilines is 1. The number of carbonyl (C=O) groups excluding carboxylic acids is 1. The summed E-state index contributed by atoms with van der Waals surface area (Å²) < 4.78 is 18.9. The van der Waals surface area contributed by atoms with Crippen LogP contribution in [0.5, 0.6) is 0 Å². The first-order valence-corrected chi connectivity index (χ1v) is 11.3. The first-order chi connectivity index (χ1) is 16.9. The minimum atomic E-state index is -0.597. The molecule has 1 N–H and O–H groups in total. The predicted octanol–water partition coefficient (Wildman–Crippen LogP) is 5.02. The standard InChI is InChI=1S/C26H24FN7O/c1-16(2)34-15-29-32-25(34)22-8-6-9-24(30-22)31-26(35)20-13-23-18(12-21(20)27)11-17(3)33(23)14-19-7-4-5-10-28-19/h4-13,15-16H,14H2,1-3H3,(H,30,31,35). The zero-order valence-electron chi connectivity index (χ0n) is 19.6. The molecule has 1 aromatic carbocycles. The summed E-state index contributed by atoms with van der Waals surface area (Å²) in [5.41, 5.74) is 3.08. The van der Waals surface area contributed by atoms with Crippen LogP contribution in [-0.2, 0) is 6.54 Å². The molecule has 4 heterocycles. The van der Waals surface area contributed by atoms with Crippen molar-refractivity contribution < 1.29 is 9.18 Å². The molecule has 0 radical (unpaired) electrons. The van der Waals surface area contributed by atoms with Crippen LogP contribution < -0.4 is 5.32 Å². The first kappa shape index (κ1) is 22.4. The van der Waals surface area contributed by atoms with E-state index < -0.39 is 11.7 Å². The van der Waals surface area contributed by atoms with Crippen molar-refractivity contribution in [2.24, 2.45) is 0 Å². The summed E-state index contributed by atoms with van der Waals surface area (Å²) in [5.74, 6) is -0.291. The fourth-order valence-corrected chi connectivity index (χ4v) is 4.07. The molecule has 1 amide bonds. The highest BCUT2D eigenvalue weighted by Crippen LogP contribution is 2.25. The van der Waals surface area contributed by atoms with E-state index >= 15 is 0 Å². The van der Waals surface area contributed by atoms with Gasteiger partial charge in [0, 0.05) is 28.8 Å². The summed E-state index contributed by atoms with van der Waals surface area (Å²) >= 11 is 0. The molecular formula is C26H24FN7O. The van der Waals surface area contributed by atoms with Crippen molar-refractivity contribution in [2.75, 3.05) is 5.32 Å². The molecule has 35 heavy (non-hydrogen) atoms. The lowest BCUT2D eigenvalue weighted by molar-refractivity contribution is 0.102. The smallest absolute Gasteiger partial charge is 0.259 e. The lowest BCUT2D eigenvalue weighted by Crippen LogP contribution is -2.15. The first-order valence-electron chi connectivity index (χ1n) is 11.3. The fourth-order valence-electron chi connectivity index (χ4n) is 4.07. The van der Waals surface area contributed by atoms with Gasteiger partial charge in [-0.25, -0.2) is 9.37 Å². The number of rotatable bonds is 6. The topological polar surface area (TPSA) is 90.5 Å². The van der Waals surface area contributed by atoms with Crippen LogP contribution in [0.2, 0.25) is 0 Å². The zero-order valence-corrected chi connectivity index (χ0v) is 19.6. The summed E-state index contributed by atoms with van der Waals surface area (Å²) in [6.45, 7) is 6.50. The molecule has 0 aliphatic heterocycles. The maximum Gasteiger partial charge on any atom is 0.259 e. The number of hydrogen-bond acceptors (Lipinski definition) is 5. The van der Waals surface area contributed by atoms with E-state index in [1.54, 1.807) is 36.8 Å². The van der Waals surface area contributed by atoms with Crippen molar-refractivity contribution in [1.82, 2.24) is 29.3 Å². The van der Waals surface area contributed by atoms with Crippen LogP contribution in [-0.4, -0.2) is 35.2 Å². The van der Waals surface area contributed by atoms with Gasteiger partial charge in [0.15, 0.2) is 5.82 Å². The number of aromatic nitrogens is 6. The van der Waals surface area contributed by atoms with Gasteiger partial charge in [0.25, 0.3) is 5.91 Å². The number of halogens is 1. The van der Waals surface area contributed by atoms with Crippen molar-refractivity contribution >= 4 is 22.6 Å². The lowest BCUT2D eigenvalue weighted by atomic mass is 10.1. The van der Waals surface area contributed by atoms with Gasteiger partial charge in [0.1, 0.15) is 23.7 Å². The van der Waals surface area contributed by atoms with Gasteiger partial charge in [0.2, 0.25) is 0 Å². The molecule has 0 fully saturated rings. The number of amides is 1. The van der Waals surface area contributed by atoms with Crippen LogP contribution in [0.3, 0.4) is 0 Å². The second-order valence-electron chi connectivity index (χ2n) is 8.60. The van der Waals surface area contributed by atoms with Crippen LogP contribution >= 0.6 is 0 Å². The monoisotopic (exact) mass is 469 g/mol. The van der Waals surface area contributed by atoms with Crippen LogP contribution in [0.4, 0.5) is 10.2 Å². The molecule has 8 nitrogen and oxygen atoms in total. The fraction of sp³-hybridized carbons (Fsp3) is 0.192. The second kappa shape index (κ2) is 9.09. The van der Waals surface area contributed by atoms with Gasteiger partial charge in [-0.3, -0.25) is 9.78 Å². The van der Waals surface area contributed by atoms with E-state index in [2.05, 4.69) is 25.5 Å². The van der Waals surface area contributed by atoms with Gasteiger partial charge >= 0.3 is 0 Å². The Kier molecular flexibility index (Phi) is 5.82. The van der Waals surface area contributed by atoms with Crippen LogP contribution in [0, 0.1) is 12.7 Å². The van der Waals surface area contributed by atoms with Gasteiger partial charge in [-0.2, -0.15) is 0 Å². The van der Waals surface area contributed by atoms with E-state index in [1.807, 2.05) is 54.2 Å². The number of pyridine rings is 2. The number of hydrogen-bond donors (Lipinski definition) is 1. The average Bonchev–Trinajstić information content (AvgIpc) is 3.44. The van der Waals surface area contributed by atoms with E-state index in [-0.39, 0.29) is 11.6 Å². The van der Waals surface area contributed by atoms with Gasteiger partial charge in [-0.05, 0) is 63.2 Å². The summed E-state index contributed by atoms with van der Waals surface area (Å²) in [4.78, 5) is 22.0. The van der Waals surface area contributed by atoms with Crippen molar-refractivity contribution in [3.8, 4) is 11.5 Å². The number of carbonyl (C=O) groups is 1. The number of fused-ring (bicyclic) bond motifs is 1. The Hall–Kier alpha value is -4.40. The van der Waals surface area contributed by atoms with Gasteiger partial charge < -0.3 is 14.5 Å². The summed E-state index contributed by atoms with van der Waals surface area (Å²) in [6.07, 6.45) is 3.37. The summed E-state index contributed by atoms with van der Waals surface area (Å²) in [5, 5.41) is 11.6. The minimum Gasteiger partial charge on any atom is -0.339 e. The van der Waals surface area contributed by atoms with Crippen LogP contribution in [0.1, 0.15) is 41.6 Å². The van der Waals surface area contributed by atoms with Gasteiger partial charge in [-0.1, -0.05) is 12.1 Å². The van der Waals surface area contributed by atoms with Crippen LogP contribution in [0.15, 0.2) is 67.1 Å². The SMILES string of the molecule is Cc1cc2cc(F)c(C(=O)Nc3cccc(-c4nncn4C(C)C)n3)cc2n1Cc1ccccn1. The molecule has 0 bridgehead atoms. The number of benzene rings is 1. The lowest BCUT2D eigenvalue weighted by Gasteiger charge is -2.11. The minimum absolute atomic E-state index is 0.0598. The highest BCUT2D eigenvalue weighted by molar-refractivity contribution is 6.06. The molecule has 0 spiro atoms. The van der Waals surface area contributed by atoms with Crippen molar-refractivity contribution in [3.63, 3.8) is 0 Å². The molecule has 0 atom stereocenters. The summed E-state index contributed by atoms with van der Waals surface area (Å²) in [6, 6.07) is 15.9. The molecule has 0 aliphatic carbocycles. The van der Waals surface area contributed by atoms with E-state index in [1.165, 1.54) is 6.07 Å². The van der Waals surface area contributed by atoms with Crippen molar-refractivity contribution in [2.45, 2.75) is 33.4 Å². The molecule has 176 valence electrons. The van der Waals surface area contributed by atoms with Crippen molar-refractivity contribution in [1.29, 1.82) is 0 Å². The van der Waals surface area contributed by atoms with E-state index in [0.29, 0.717) is 23.9 Å². The third kappa shape index (κ3) is 4.40. The molecule has 9 heteroatoms. The third-order valence-corrected chi connectivity index (χ3v) is 5.84. The number of aryl methyl sites for hydroxylation is 1. The third-order valence-electron chi connectivity index (χ3n) is 5.84. The molecular weight excluding hydrogens is 445 g/mol. The maximum absolute atomic E-state index is 15.0. The highest BCUT2D eigenvalue weighted by Gasteiger charge is 2.18. The van der Waals surface area contributed by atoms with Gasteiger partial charge in [-0.15, -0.1) is 10.2 Å². The second-order valence-corrected chi connectivity index (χ2v) is 8.60. The Balaban J connectivity index is 1.46. The number of nitrogens with zero attached hydrogens (tertiary/aromatic N) is 6. The molecule has 4 aromatic heterocycles. The molecule has 5 aromatic rings. The average molecular weight is 470 g/mol. The molecule has 0 aliphatic rings. The van der Waals surface area contributed by atoms with E-state index in [0.717, 1.165) is 22.3 Å². The molecule has 0 saturated carbocycles. The largest absolute Gasteiger partial charge is 0.339 e. The van der Waals surface area contributed by atoms with Gasteiger partial charge in [0.05, 0.1) is 17.8 Å². The van der Waals surface area contributed by atoms with E-state index in [9.17, 15) is 9.18 Å². The Morgan fingerprint density at radius 1 is 1.11 bits per heavy atom. The molecule has 0 saturated heterocycles. The van der Waals surface area contributed by atoms with Crippen LogP contribution in [0.25, 0.3) is 22.4 Å².